The van der Waals surface area contributed by atoms with Crippen LogP contribution in [0, 0.1) is 0 Å². The molecule has 0 aliphatic rings. The van der Waals surface area contributed by atoms with E-state index in [0.29, 0.717) is 10.9 Å². The van der Waals surface area contributed by atoms with Crippen LogP contribution in [0.15, 0.2) is 24.3 Å². The Morgan fingerprint density at radius 1 is 1.31 bits per heavy atom. The molecule has 1 heterocycles. The van der Waals surface area contributed by atoms with Crippen molar-refractivity contribution in [3.63, 3.8) is 0 Å². The van der Waals surface area contributed by atoms with Crippen LogP contribution in [0.1, 0.15) is 10.5 Å². The second-order valence-electron chi connectivity index (χ2n) is 3.07. The maximum Gasteiger partial charge on any atom is 0.484 e. The van der Waals surface area contributed by atoms with Crippen LogP contribution in [-0.2, 0) is 0 Å². The van der Waals surface area contributed by atoms with Crippen molar-refractivity contribution < 1.29 is 18.0 Å². The van der Waals surface area contributed by atoms with Crippen molar-refractivity contribution in [1.29, 1.82) is 0 Å². The average molecular weight is 229 g/mol. The fraction of sp³-hybridized carbons (Fsp3) is 0.111. The van der Waals surface area contributed by atoms with E-state index < -0.39 is 12.2 Å². The fourth-order valence-corrected chi connectivity index (χ4v) is 1.32. The van der Waals surface area contributed by atoms with Gasteiger partial charge in [-0.1, -0.05) is 18.2 Å². The molecule has 2 N–H and O–H groups in total. The highest BCUT2D eigenvalue weighted by molar-refractivity contribution is 6.04. The molecule has 0 bridgehead atoms. The first-order valence-electron chi connectivity index (χ1n) is 4.30. The molecule has 1 aromatic heterocycles. The van der Waals surface area contributed by atoms with E-state index in [1.807, 2.05) is 0 Å². The van der Waals surface area contributed by atoms with Gasteiger partial charge in [0, 0.05) is 5.39 Å². The standard InChI is InChI=1S/C9H6F3N3O/c10-9(11,12)13-8(16)7-5-3-1-2-4-6(5)14-15-7/h1-4H,(H,13,16)(H,14,15). The topological polar surface area (TPSA) is 57.8 Å². The molecule has 0 saturated heterocycles. The summed E-state index contributed by atoms with van der Waals surface area (Å²) in [5, 5.41) is 7.26. The van der Waals surface area contributed by atoms with Crippen LogP contribution in [0.2, 0.25) is 0 Å². The monoisotopic (exact) mass is 229 g/mol. The molecule has 0 atom stereocenters. The summed E-state index contributed by atoms with van der Waals surface area (Å²) in [7, 11) is 0. The number of H-pyrrole nitrogens is 1. The van der Waals surface area contributed by atoms with Gasteiger partial charge in [-0.05, 0) is 6.07 Å². The van der Waals surface area contributed by atoms with Gasteiger partial charge in [0.1, 0.15) is 0 Å². The lowest BCUT2D eigenvalue weighted by Gasteiger charge is -2.06. The van der Waals surface area contributed by atoms with Gasteiger partial charge in [-0.2, -0.15) is 18.3 Å². The number of carbonyl (C=O) groups excluding carboxylic acids is 1. The first kappa shape index (κ1) is 10.5. The van der Waals surface area contributed by atoms with Crippen LogP contribution >= 0.6 is 0 Å². The highest BCUT2D eigenvalue weighted by Crippen LogP contribution is 2.17. The van der Waals surface area contributed by atoms with E-state index in [2.05, 4.69) is 10.2 Å². The average Bonchev–Trinajstić information content (AvgIpc) is 2.58. The molecule has 2 rings (SSSR count). The molecule has 0 spiro atoms. The van der Waals surface area contributed by atoms with E-state index in [0.717, 1.165) is 5.32 Å². The maximum absolute atomic E-state index is 11.9. The third-order valence-electron chi connectivity index (χ3n) is 1.94. The molecule has 4 nitrogen and oxygen atoms in total. The van der Waals surface area contributed by atoms with Crippen molar-refractivity contribution >= 4 is 16.8 Å². The zero-order chi connectivity index (χ0) is 11.8. The van der Waals surface area contributed by atoms with Crippen molar-refractivity contribution in [2.24, 2.45) is 0 Å². The number of para-hydroxylation sites is 1. The number of aromatic nitrogens is 2. The van der Waals surface area contributed by atoms with Gasteiger partial charge in [0.25, 0.3) is 5.91 Å². The van der Waals surface area contributed by atoms with Crippen molar-refractivity contribution in [3.05, 3.63) is 30.0 Å². The van der Waals surface area contributed by atoms with Crippen LogP contribution in [-0.4, -0.2) is 22.4 Å². The number of amides is 1. The number of alkyl halides is 3. The van der Waals surface area contributed by atoms with Crippen LogP contribution in [0.5, 0.6) is 0 Å². The summed E-state index contributed by atoms with van der Waals surface area (Å²) in [5.74, 6) is -1.27. The summed E-state index contributed by atoms with van der Waals surface area (Å²) >= 11 is 0. The van der Waals surface area contributed by atoms with Gasteiger partial charge in [-0.15, -0.1) is 0 Å². The van der Waals surface area contributed by atoms with E-state index >= 15 is 0 Å². The normalized spacial score (nSPS) is 11.7. The fourth-order valence-electron chi connectivity index (χ4n) is 1.32. The quantitative estimate of drug-likeness (QED) is 0.732. The van der Waals surface area contributed by atoms with E-state index in [1.54, 1.807) is 18.2 Å². The molecule has 2 aromatic rings. The minimum atomic E-state index is -4.75. The molecule has 1 amide bonds. The molecule has 16 heavy (non-hydrogen) atoms. The number of benzene rings is 1. The number of nitrogens with one attached hydrogen (secondary N) is 2. The number of nitrogens with zero attached hydrogens (tertiary/aromatic N) is 1. The van der Waals surface area contributed by atoms with E-state index in [9.17, 15) is 18.0 Å². The number of hydrogen-bond acceptors (Lipinski definition) is 2. The molecular formula is C9H6F3N3O. The third-order valence-corrected chi connectivity index (χ3v) is 1.94. The molecule has 7 heteroatoms. The van der Waals surface area contributed by atoms with Crippen LogP contribution in [0.4, 0.5) is 13.2 Å². The molecule has 0 radical (unpaired) electrons. The van der Waals surface area contributed by atoms with E-state index in [1.165, 1.54) is 6.07 Å². The van der Waals surface area contributed by atoms with Gasteiger partial charge in [-0.3, -0.25) is 15.2 Å². The summed E-state index contributed by atoms with van der Waals surface area (Å²) in [6.45, 7) is 0. The molecule has 0 aliphatic heterocycles. The number of rotatable bonds is 1. The van der Waals surface area contributed by atoms with Crippen LogP contribution < -0.4 is 5.32 Å². The largest absolute Gasteiger partial charge is 0.484 e. The summed E-state index contributed by atoms with van der Waals surface area (Å²) in [5.41, 5.74) is 0.239. The van der Waals surface area contributed by atoms with E-state index in [4.69, 9.17) is 0 Å². The Hall–Kier alpha value is -2.05. The molecule has 0 unspecified atom stereocenters. The van der Waals surface area contributed by atoms with E-state index in [-0.39, 0.29) is 5.69 Å². The molecule has 84 valence electrons. The highest BCUT2D eigenvalue weighted by Gasteiger charge is 2.31. The summed E-state index contributed by atoms with van der Waals surface area (Å²) < 4.78 is 35.8. The SMILES string of the molecule is O=C(NC(F)(F)F)c1n[nH]c2ccccc12. The minimum Gasteiger partial charge on any atom is -0.277 e. The lowest BCUT2D eigenvalue weighted by Crippen LogP contribution is -2.37. The van der Waals surface area contributed by atoms with Crippen molar-refractivity contribution in [1.82, 2.24) is 15.5 Å². The Labute approximate surface area is 87.4 Å². The molecule has 0 aliphatic carbocycles. The predicted molar refractivity (Wildman–Crippen MR) is 49.6 cm³/mol. The van der Waals surface area contributed by atoms with Crippen LogP contribution in [0.3, 0.4) is 0 Å². The smallest absolute Gasteiger partial charge is 0.277 e. The first-order valence-corrected chi connectivity index (χ1v) is 4.30. The summed E-state index contributed by atoms with van der Waals surface area (Å²) in [4.78, 5) is 11.2. The third kappa shape index (κ3) is 1.97. The summed E-state index contributed by atoms with van der Waals surface area (Å²) in [6, 6.07) is 6.44. The minimum absolute atomic E-state index is 0.270. The molecule has 1 aromatic carbocycles. The Kier molecular flexibility index (Phi) is 2.30. The van der Waals surface area contributed by atoms with Crippen LogP contribution in [0.25, 0.3) is 10.9 Å². The lowest BCUT2D eigenvalue weighted by molar-refractivity contribution is -0.146. The number of fused-ring (bicyclic) bond motifs is 1. The van der Waals surface area contributed by atoms with Crippen molar-refractivity contribution in [3.8, 4) is 0 Å². The van der Waals surface area contributed by atoms with Crippen molar-refractivity contribution in [2.45, 2.75) is 6.30 Å². The highest BCUT2D eigenvalue weighted by atomic mass is 19.4. The van der Waals surface area contributed by atoms with Gasteiger partial charge in [-0.25, -0.2) is 0 Å². The number of halogens is 3. The van der Waals surface area contributed by atoms with Crippen molar-refractivity contribution in [2.75, 3.05) is 0 Å². The molecular weight excluding hydrogens is 223 g/mol. The second-order valence-corrected chi connectivity index (χ2v) is 3.07. The molecule has 0 fully saturated rings. The summed E-state index contributed by atoms with van der Waals surface area (Å²) in [6.07, 6.45) is -4.75. The zero-order valence-corrected chi connectivity index (χ0v) is 7.80. The van der Waals surface area contributed by atoms with Gasteiger partial charge in [0.2, 0.25) is 0 Å². The number of hydrogen-bond donors (Lipinski definition) is 2. The number of aromatic amines is 1. The second kappa shape index (κ2) is 3.51. The Bertz CT molecular complexity index is 532. The Morgan fingerprint density at radius 3 is 2.69 bits per heavy atom. The first-order chi connectivity index (χ1) is 7.47. The molecule has 0 saturated carbocycles. The lowest BCUT2D eigenvalue weighted by atomic mass is 10.2. The van der Waals surface area contributed by atoms with Gasteiger partial charge in [0.05, 0.1) is 5.52 Å². The maximum atomic E-state index is 11.9. The zero-order valence-electron chi connectivity index (χ0n) is 7.80. The Balaban J connectivity index is 2.37. The van der Waals surface area contributed by atoms with Gasteiger partial charge < -0.3 is 0 Å². The Morgan fingerprint density at radius 2 is 2.00 bits per heavy atom. The van der Waals surface area contributed by atoms with Gasteiger partial charge >= 0.3 is 6.30 Å². The number of carbonyl (C=O) groups is 1. The van der Waals surface area contributed by atoms with Gasteiger partial charge in [0.15, 0.2) is 5.69 Å². The predicted octanol–water partition coefficient (Wildman–Crippen LogP) is 1.81.